The number of aromatic nitrogens is 4. The van der Waals surface area contributed by atoms with Gasteiger partial charge >= 0.3 is 0 Å². The largest absolute Gasteiger partial charge is 0.342 e. The van der Waals surface area contributed by atoms with E-state index in [1.54, 1.807) is 30.6 Å². The van der Waals surface area contributed by atoms with E-state index in [4.69, 9.17) is 9.97 Å². The summed E-state index contributed by atoms with van der Waals surface area (Å²) in [5, 5.41) is 9.30. The van der Waals surface area contributed by atoms with Gasteiger partial charge in [-0.25, -0.2) is 23.4 Å². The van der Waals surface area contributed by atoms with E-state index < -0.39 is 10.0 Å². The van der Waals surface area contributed by atoms with Crippen molar-refractivity contribution in [2.45, 2.75) is 18.9 Å². The number of sulfonamides is 1. The van der Waals surface area contributed by atoms with Crippen LogP contribution in [0.15, 0.2) is 55.0 Å². The smallest absolute Gasteiger partial charge is 0.233 e. The third kappa shape index (κ3) is 4.80. The Balaban J connectivity index is 1.66. The number of pyridine rings is 1. The molecule has 1 aliphatic heterocycles. The molecule has 0 atom stereocenters. The first kappa shape index (κ1) is 25.6. The van der Waals surface area contributed by atoms with Crippen LogP contribution < -0.4 is 9.21 Å². The highest BCUT2D eigenvalue weighted by Crippen LogP contribution is 2.37. The molecule has 0 N–H and O–H groups in total. The third-order valence-corrected chi connectivity index (χ3v) is 8.33. The Morgan fingerprint density at radius 3 is 2.26 bits per heavy atom. The number of nitrogens with zero attached hydrogens (tertiary/aromatic N) is 8. The van der Waals surface area contributed by atoms with Crippen molar-refractivity contribution in [1.29, 1.82) is 5.26 Å². The molecule has 10 nitrogen and oxygen atoms in total. The molecule has 1 aliphatic rings. The zero-order chi connectivity index (χ0) is 27.0. The third-order valence-electron chi connectivity index (χ3n) is 7.15. The summed E-state index contributed by atoms with van der Waals surface area (Å²) in [7, 11) is 2.28. The predicted octanol–water partition coefficient (Wildman–Crippen LogP) is 3.26. The van der Waals surface area contributed by atoms with Crippen molar-refractivity contribution in [1.82, 2.24) is 24.3 Å². The van der Waals surface area contributed by atoms with Gasteiger partial charge in [-0.15, -0.1) is 0 Å². The van der Waals surface area contributed by atoms with Gasteiger partial charge in [0, 0.05) is 55.9 Å². The lowest BCUT2D eigenvalue weighted by molar-refractivity contribution is 0.249. The summed E-state index contributed by atoms with van der Waals surface area (Å²) in [5.41, 5.74) is 4.42. The normalized spacial score (nSPS) is 14.7. The van der Waals surface area contributed by atoms with E-state index in [1.165, 1.54) is 7.05 Å². The van der Waals surface area contributed by atoms with Gasteiger partial charge in [-0.1, -0.05) is 12.1 Å². The second-order valence-electron chi connectivity index (χ2n) is 9.76. The summed E-state index contributed by atoms with van der Waals surface area (Å²) in [4.78, 5) is 18.9. The van der Waals surface area contributed by atoms with Crippen molar-refractivity contribution in [2.75, 3.05) is 49.7 Å². The van der Waals surface area contributed by atoms with Crippen molar-refractivity contribution < 1.29 is 8.42 Å². The van der Waals surface area contributed by atoms with Gasteiger partial charge in [0.2, 0.25) is 16.0 Å². The van der Waals surface area contributed by atoms with E-state index in [-0.39, 0.29) is 0 Å². The lowest BCUT2D eigenvalue weighted by Crippen LogP contribution is -2.43. The van der Waals surface area contributed by atoms with Crippen molar-refractivity contribution >= 4 is 27.4 Å². The predicted molar refractivity (Wildman–Crippen MR) is 149 cm³/mol. The van der Waals surface area contributed by atoms with E-state index in [0.29, 0.717) is 17.4 Å². The maximum absolute atomic E-state index is 12.0. The average molecular weight is 531 g/mol. The summed E-state index contributed by atoms with van der Waals surface area (Å²) in [6.07, 6.45) is 8.55. The molecule has 196 valence electrons. The fourth-order valence-electron chi connectivity index (χ4n) is 4.84. The Hall–Kier alpha value is -4.01. The van der Waals surface area contributed by atoms with Crippen molar-refractivity contribution in [3.05, 3.63) is 60.6 Å². The molecule has 0 spiro atoms. The van der Waals surface area contributed by atoms with Crippen molar-refractivity contribution in [3.8, 4) is 28.5 Å². The SMILES string of the molecule is CN(C)C1CCN(c2nc(-c3ccc(C#N)cc3)c(-c3ccc(N(C)S(C)(=O)=O)nc3)c3nccn23)CC1. The van der Waals surface area contributed by atoms with E-state index in [1.807, 2.05) is 28.8 Å². The van der Waals surface area contributed by atoms with Crippen LogP contribution in [0, 0.1) is 11.3 Å². The van der Waals surface area contributed by atoms with Crippen LogP contribution >= 0.6 is 0 Å². The van der Waals surface area contributed by atoms with Gasteiger partial charge in [-0.3, -0.25) is 8.71 Å². The lowest BCUT2D eigenvalue weighted by atomic mass is 10.00. The number of anilines is 2. The molecular formula is C27H30N8O2S. The zero-order valence-electron chi connectivity index (χ0n) is 21.9. The maximum atomic E-state index is 12.0. The quantitative estimate of drug-likeness (QED) is 0.374. The van der Waals surface area contributed by atoms with Gasteiger partial charge in [-0.2, -0.15) is 5.26 Å². The molecule has 38 heavy (non-hydrogen) atoms. The Morgan fingerprint density at radius 1 is 1.00 bits per heavy atom. The number of imidazole rings is 1. The molecule has 4 aromatic rings. The molecule has 1 aromatic carbocycles. The Morgan fingerprint density at radius 2 is 1.68 bits per heavy atom. The maximum Gasteiger partial charge on any atom is 0.233 e. The average Bonchev–Trinajstić information content (AvgIpc) is 3.41. The topological polar surface area (TPSA) is 111 Å². The summed E-state index contributed by atoms with van der Waals surface area (Å²) in [5.74, 6) is 1.14. The van der Waals surface area contributed by atoms with Crippen LogP contribution in [-0.4, -0.2) is 79.2 Å². The molecule has 1 fully saturated rings. The van der Waals surface area contributed by atoms with E-state index in [2.05, 4.69) is 34.9 Å². The van der Waals surface area contributed by atoms with Crippen LogP contribution in [-0.2, 0) is 10.0 Å². The summed E-state index contributed by atoms with van der Waals surface area (Å²) < 4.78 is 27.1. The molecule has 4 heterocycles. The minimum atomic E-state index is -3.44. The van der Waals surface area contributed by atoms with Gasteiger partial charge < -0.3 is 9.80 Å². The van der Waals surface area contributed by atoms with Crippen LogP contribution in [0.2, 0.25) is 0 Å². The number of nitriles is 1. The van der Waals surface area contributed by atoms with Crippen LogP contribution in [0.4, 0.5) is 11.8 Å². The first-order chi connectivity index (χ1) is 18.2. The standard InChI is InChI=1S/C27H30N8O2S/c1-32(2)22-11-14-34(15-12-22)27-31-25(20-7-5-19(17-28)6-8-20)24(26-29-13-16-35(26)27)21-9-10-23(30-18-21)33(3)38(4,36)37/h5-10,13,16,18,22H,11-12,14-15H2,1-4H3. The minimum absolute atomic E-state index is 0.323. The number of hydrogen-bond acceptors (Lipinski definition) is 8. The Kier molecular flexibility index (Phi) is 6.77. The number of fused-ring (bicyclic) bond motifs is 1. The molecule has 0 radical (unpaired) electrons. The summed E-state index contributed by atoms with van der Waals surface area (Å²) in [6, 6.07) is 13.6. The molecule has 0 unspecified atom stereocenters. The van der Waals surface area contributed by atoms with Crippen molar-refractivity contribution in [2.24, 2.45) is 0 Å². The molecule has 5 rings (SSSR count). The van der Waals surface area contributed by atoms with Gasteiger partial charge in [0.25, 0.3) is 0 Å². The summed E-state index contributed by atoms with van der Waals surface area (Å²) >= 11 is 0. The highest BCUT2D eigenvalue weighted by molar-refractivity contribution is 7.92. The number of hydrogen-bond donors (Lipinski definition) is 0. The van der Waals surface area contributed by atoms with Gasteiger partial charge in [-0.05, 0) is 51.2 Å². The van der Waals surface area contributed by atoms with E-state index >= 15 is 0 Å². The van der Waals surface area contributed by atoms with Crippen molar-refractivity contribution in [3.63, 3.8) is 0 Å². The monoisotopic (exact) mass is 530 g/mol. The molecule has 0 bridgehead atoms. The molecule has 0 saturated carbocycles. The molecule has 0 aliphatic carbocycles. The number of rotatable bonds is 6. The Bertz CT molecular complexity index is 1600. The minimum Gasteiger partial charge on any atom is -0.342 e. The second kappa shape index (κ2) is 10.0. The van der Waals surface area contributed by atoms with Crippen LogP contribution in [0.25, 0.3) is 28.0 Å². The first-order valence-electron chi connectivity index (χ1n) is 12.4. The Labute approximate surface area is 222 Å². The van der Waals surface area contributed by atoms with Crippen LogP contribution in [0.1, 0.15) is 18.4 Å². The molecule has 11 heteroatoms. The highest BCUT2D eigenvalue weighted by atomic mass is 32.2. The molecule has 1 saturated heterocycles. The lowest BCUT2D eigenvalue weighted by Gasteiger charge is -2.36. The molecule has 3 aromatic heterocycles. The van der Waals surface area contributed by atoms with E-state index in [9.17, 15) is 13.7 Å². The highest BCUT2D eigenvalue weighted by Gasteiger charge is 2.26. The van der Waals surface area contributed by atoms with Gasteiger partial charge in [0.15, 0.2) is 0 Å². The van der Waals surface area contributed by atoms with Gasteiger partial charge in [0.1, 0.15) is 11.5 Å². The summed E-state index contributed by atoms with van der Waals surface area (Å²) in [6.45, 7) is 1.76. The van der Waals surface area contributed by atoms with E-state index in [0.717, 1.165) is 70.5 Å². The fraction of sp³-hybridized carbons (Fsp3) is 0.333. The second-order valence-corrected chi connectivity index (χ2v) is 11.8. The zero-order valence-corrected chi connectivity index (χ0v) is 22.7. The van der Waals surface area contributed by atoms with Crippen LogP contribution in [0.5, 0.6) is 0 Å². The first-order valence-corrected chi connectivity index (χ1v) is 14.2. The number of benzene rings is 1. The number of piperidine rings is 1. The van der Waals surface area contributed by atoms with Gasteiger partial charge in [0.05, 0.1) is 29.1 Å². The van der Waals surface area contributed by atoms with Crippen LogP contribution in [0.3, 0.4) is 0 Å². The molecular weight excluding hydrogens is 500 g/mol. The fourth-order valence-corrected chi connectivity index (χ4v) is 5.29. The molecule has 0 amide bonds.